The third kappa shape index (κ3) is 4.00. The molecule has 0 amide bonds. The molecule has 1 N–H and O–H groups in total. The molecule has 0 atom stereocenters. The van der Waals surface area contributed by atoms with Gasteiger partial charge in [0, 0.05) is 53.8 Å². The zero-order chi connectivity index (χ0) is 24.9. The second kappa shape index (κ2) is 8.86. The number of para-hydroxylation sites is 1. The number of benzene rings is 1. The minimum Gasteiger partial charge on any atom is -0.337 e. The Morgan fingerprint density at radius 3 is 2.73 bits per heavy atom. The van der Waals surface area contributed by atoms with E-state index in [0.29, 0.717) is 5.82 Å². The van der Waals surface area contributed by atoms with Gasteiger partial charge in [0.15, 0.2) is 16.6 Å². The molecular weight excluding hydrogens is 485 g/mol. The van der Waals surface area contributed by atoms with Gasteiger partial charge in [-0.25, -0.2) is 14.6 Å². The van der Waals surface area contributed by atoms with Crippen LogP contribution in [0, 0.1) is 5.13 Å². The standard InChI is InChI=1S/C28H24FN7S/c1-35-28-21(12-19(15-31-28)18-11-17(13-30-14-18)16-36-9-2-3-10-36)26(34-35)27-32-22-6-4-5-20(25(22)33-27)23-7-8-24(29)37-23/h4-8,11-15H,2-3,9-10,16H2,1H3,(H,32,33). The molecule has 7 rings (SSSR count). The summed E-state index contributed by atoms with van der Waals surface area (Å²) in [4.78, 5) is 20.9. The van der Waals surface area contributed by atoms with Crippen molar-refractivity contribution in [1.29, 1.82) is 0 Å². The summed E-state index contributed by atoms with van der Waals surface area (Å²) < 4.78 is 15.5. The average Bonchev–Trinajstić information content (AvgIpc) is 3.71. The van der Waals surface area contributed by atoms with Gasteiger partial charge < -0.3 is 4.98 Å². The van der Waals surface area contributed by atoms with Crippen LogP contribution in [0.3, 0.4) is 0 Å². The van der Waals surface area contributed by atoms with Crippen LogP contribution >= 0.6 is 11.3 Å². The van der Waals surface area contributed by atoms with Crippen LogP contribution in [0.1, 0.15) is 18.4 Å². The number of imidazole rings is 1. The van der Waals surface area contributed by atoms with Gasteiger partial charge in [-0.05, 0) is 61.8 Å². The van der Waals surface area contributed by atoms with Gasteiger partial charge in [-0.2, -0.15) is 9.49 Å². The lowest BCUT2D eigenvalue weighted by Crippen LogP contribution is -2.18. The summed E-state index contributed by atoms with van der Waals surface area (Å²) in [5, 5.41) is 5.46. The summed E-state index contributed by atoms with van der Waals surface area (Å²) >= 11 is 1.12. The smallest absolute Gasteiger partial charge is 0.176 e. The number of thiophene rings is 1. The monoisotopic (exact) mass is 509 g/mol. The minimum atomic E-state index is -0.212. The first-order valence-corrected chi connectivity index (χ1v) is 13.2. The van der Waals surface area contributed by atoms with Crippen molar-refractivity contribution in [3.63, 3.8) is 0 Å². The van der Waals surface area contributed by atoms with Crippen molar-refractivity contribution in [2.75, 3.05) is 13.1 Å². The fourth-order valence-corrected chi connectivity index (χ4v) is 5.96. The van der Waals surface area contributed by atoms with Crippen LogP contribution in [0.15, 0.2) is 61.1 Å². The van der Waals surface area contributed by atoms with Gasteiger partial charge in [-0.15, -0.1) is 11.3 Å². The zero-order valence-corrected chi connectivity index (χ0v) is 21.1. The van der Waals surface area contributed by atoms with Crippen molar-refractivity contribution >= 4 is 33.4 Å². The molecule has 37 heavy (non-hydrogen) atoms. The third-order valence-electron chi connectivity index (χ3n) is 6.99. The fourth-order valence-electron chi connectivity index (χ4n) is 5.21. The summed E-state index contributed by atoms with van der Waals surface area (Å²) in [6.45, 7) is 3.22. The molecule has 1 aliphatic rings. The second-order valence-electron chi connectivity index (χ2n) is 9.52. The lowest BCUT2D eigenvalue weighted by Gasteiger charge is -2.14. The second-order valence-corrected chi connectivity index (χ2v) is 10.6. The lowest BCUT2D eigenvalue weighted by atomic mass is 10.1. The highest BCUT2D eigenvalue weighted by Crippen LogP contribution is 2.35. The molecule has 1 fully saturated rings. The van der Waals surface area contributed by atoms with Crippen LogP contribution in [0.25, 0.3) is 55.2 Å². The van der Waals surface area contributed by atoms with Gasteiger partial charge in [0.25, 0.3) is 0 Å². The predicted octanol–water partition coefficient (Wildman–Crippen LogP) is 6.04. The van der Waals surface area contributed by atoms with Crippen molar-refractivity contribution in [3.05, 3.63) is 71.7 Å². The van der Waals surface area contributed by atoms with Gasteiger partial charge in [0.2, 0.25) is 0 Å². The van der Waals surface area contributed by atoms with Crippen molar-refractivity contribution < 1.29 is 4.39 Å². The van der Waals surface area contributed by atoms with E-state index in [9.17, 15) is 4.39 Å². The summed E-state index contributed by atoms with van der Waals surface area (Å²) in [6, 6.07) is 13.5. The van der Waals surface area contributed by atoms with Crippen molar-refractivity contribution in [3.8, 4) is 33.1 Å². The number of rotatable bonds is 5. The Hall–Kier alpha value is -3.95. The molecule has 1 saturated heterocycles. The number of nitrogens with zero attached hydrogens (tertiary/aromatic N) is 6. The Morgan fingerprint density at radius 1 is 1.03 bits per heavy atom. The molecule has 184 valence electrons. The number of halogens is 1. The number of hydrogen-bond donors (Lipinski definition) is 1. The van der Waals surface area contributed by atoms with Crippen LogP contribution in [-0.2, 0) is 13.6 Å². The topological polar surface area (TPSA) is 75.5 Å². The summed E-state index contributed by atoms with van der Waals surface area (Å²) in [5.74, 6) is 0.657. The first-order chi connectivity index (χ1) is 18.1. The van der Waals surface area contributed by atoms with Crippen LogP contribution in [0.2, 0.25) is 0 Å². The maximum Gasteiger partial charge on any atom is 0.176 e. The number of fused-ring (bicyclic) bond motifs is 2. The number of aromatic nitrogens is 6. The summed E-state index contributed by atoms with van der Waals surface area (Å²) in [6.07, 6.45) is 8.26. The zero-order valence-electron chi connectivity index (χ0n) is 20.3. The molecule has 7 nitrogen and oxygen atoms in total. The molecule has 1 aromatic carbocycles. The molecule has 6 heterocycles. The largest absolute Gasteiger partial charge is 0.337 e. The first kappa shape index (κ1) is 22.3. The van der Waals surface area contributed by atoms with Crippen molar-refractivity contribution in [1.82, 2.24) is 34.6 Å². The number of hydrogen-bond acceptors (Lipinski definition) is 6. The van der Waals surface area contributed by atoms with Crippen molar-refractivity contribution in [2.45, 2.75) is 19.4 Å². The summed E-state index contributed by atoms with van der Waals surface area (Å²) in [7, 11) is 1.89. The Labute approximate surface area is 216 Å². The molecule has 0 spiro atoms. The molecule has 6 aromatic rings. The quantitative estimate of drug-likeness (QED) is 0.307. The minimum absolute atomic E-state index is 0.212. The van der Waals surface area contributed by atoms with Gasteiger partial charge in [0.1, 0.15) is 5.69 Å². The van der Waals surface area contributed by atoms with Gasteiger partial charge >= 0.3 is 0 Å². The van der Waals surface area contributed by atoms with E-state index in [4.69, 9.17) is 15.1 Å². The van der Waals surface area contributed by atoms with Crippen molar-refractivity contribution in [2.24, 2.45) is 7.05 Å². The highest BCUT2D eigenvalue weighted by molar-refractivity contribution is 7.14. The molecule has 9 heteroatoms. The SMILES string of the molecule is Cn1nc(-c2nc3c(-c4ccc(F)s4)cccc3[nH]2)c2cc(-c3cncc(CN4CCCC4)c3)cnc21. The maximum atomic E-state index is 13.7. The fraction of sp³-hybridized carbons (Fsp3) is 0.214. The molecule has 0 bridgehead atoms. The van der Waals surface area contributed by atoms with Crippen LogP contribution < -0.4 is 0 Å². The number of likely N-dealkylation sites (tertiary alicyclic amines) is 1. The maximum absolute atomic E-state index is 13.7. The average molecular weight is 510 g/mol. The molecule has 5 aromatic heterocycles. The van der Waals surface area contributed by atoms with Gasteiger partial charge in [-0.3, -0.25) is 9.88 Å². The van der Waals surface area contributed by atoms with E-state index in [-0.39, 0.29) is 5.13 Å². The normalized spacial score (nSPS) is 14.3. The van der Waals surface area contributed by atoms with E-state index in [0.717, 1.165) is 80.3 Å². The van der Waals surface area contributed by atoms with Gasteiger partial charge in [-0.1, -0.05) is 12.1 Å². The number of nitrogens with one attached hydrogen (secondary N) is 1. The van der Waals surface area contributed by atoms with E-state index in [1.165, 1.54) is 24.5 Å². The van der Waals surface area contributed by atoms with E-state index in [1.54, 1.807) is 10.7 Å². The third-order valence-corrected chi connectivity index (χ3v) is 7.89. The summed E-state index contributed by atoms with van der Waals surface area (Å²) in [5.41, 5.74) is 7.31. The molecular formula is C28H24FN7S. The van der Waals surface area contributed by atoms with E-state index < -0.39 is 0 Å². The highest BCUT2D eigenvalue weighted by atomic mass is 32.1. The van der Waals surface area contributed by atoms with Crippen LogP contribution in [-0.4, -0.2) is 47.7 Å². The highest BCUT2D eigenvalue weighted by Gasteiger charge is 2.19. The Kier molecular flexibility index (Phi) is 5.33. The molecule has 0 radical (unpaired) electrons. The van der Waals surface area contributed by atoms with E-state index in [1.807, 2.05) is 43.8 Å². The number of aryl methyl sites for hydroxylation is 1. The molecule has 1 aliphatic heterocycles. The number of aromatic amines is 1. The molecule has 0 saturated carbocycles. The Balaban J connectivity index is 1.30. The predicted molar refractivity (Wildman–Crippen MR) is 145 cm³/mol. The Morgan fingerprint density at radius 2 is 1.89 bits per heavy atom. The van der Waals surface area contributed by atoms with E-state index >= 15 is 0 Å². The van der Waals surface area contributed by atoms with E-state index in [2.05, 4.69) is 27.0 Å². The van der Waals surface area contributed by atoms with Crippen LogP contribution in [0.4, 0.5) is 4.39 Å². The lowest BCUT2D eigenvalue weighted by molar-refractivity contribution is 0.331. The first-order valence-electron chi connectivity index (χ1n) is 12.4. The molecule has 0 aliphatic carbocycles. The van der Waals surface area contributed by atoms with Gasteiger partial charge in [0.05, 0.1) is 16.4 Å². The molecule has 0 unspecified atom stereocenters. The number of H-pyrrole nitrogens is 1. The van der Waals surface area contributed by atoms with Crippen LogP contribution in [0.5, 0.6) is 0 Å². The Bertz CT molecular complexity index is 1760. The number of pyridine rings is 2.